The molecule has 1 aromatic rings. The molecule has 2 rings (SSSR count). The first kappa shape index (κ1) is 14.6. The Kier molecular flexibility index (Phi) is 4.35. The molecule has 1 nitrogen and oxygen atoms in total. The highest BCUT2D eigenvalue weighted by molar-refractivity contribution is 5.27. The molecule has 1 heteroatoms. The summed E-state index contributed by atoms with van der Waals surface area (Å²) in [5.41, 5.74) is 2.83. The molecule has 1 aromatic carbocycles. The fourth-order valence-corrected chi connectivity index (χ4v) is 3.28. The Labute approximate surface area is 118 Å². The molecule has 0 bridgehead atoms. The van der Waals surface area contributed by atoms with Gasteiger partial charge in [-0.3, -0.25) is 0 Å². The molecule has 0 heterocycles. The third-order valence-electron chi connectivity index (χ3n) is 4.69. The summed E-state index contributed by atoms with van der Waals surface area (Å²) < 4.78 is 0. The highest BCUT2D eigenvalue weighted by Crippen LogP contribution is 2.34. The van der Waals surface area contributed by atoms with Crippen molar-refractivity contribution >= 4 is 0 Å². The number of aliphatic hydroxyl groups excluding tert-OH is 1. The van der Waals surface area contributed by atoms with Crippen LogP contribution < -0.4 is 0 Å². The molecular weight excluding hydrogens is 232 g/mol. The van der Waals surface area contributed by atoms with Crippen molar-refractivity contribution in [2.75, 3.05) is 0 Å². The van der Waals surface area contributed by atoms with E-state index in [9.17, 15) is 5.11 Å². The van der Waals surface area contributed by atoms with Gasteiger partial charge < -0.3 is 5.11 Å². The van der Waals surface area contributed by atoms with E-state index in [0.29, 0.717) is 11.8 Å². The first-order valence-electron chi connectivity index (χ1n) is 7.65. The summed E-state index contributed by atoms with van der Waals surface area (Å²) in [6.45, 7) is 8.98. The van der Waals surface area contributed by atoms with E-state index in [2.05, 4.69) is 52.0 Å². The summed E-state index contributed by atoms with van der Waals surface area (Å²) in [5.74, 6) is 1.19. The highest BCUT2D eigenvalue weighted by atomic mass is 16.3. The maximum absolute atomic E-state index is 10.4. The van der Waals surface area contributed by atoms with E-state index in [1.54, 1.807) is 0 Å². The van der Waals surface area contributed by atoms with Crippen molar-refractivity contribution in [3.05, 3.63) is 35.4 Å². The first-order valence-corrected chi connectivity index (χ1v) is 7.65. The molecule has 1 saturated carbocycles. The number of hydrogen-bond donors (Lipinski definition) is 1. The molecule has 0 spiro atoms. The second kappa shape index (κ2) is 5.66. The van der Waals surface area contributed by atoms with Crippen molar-refractivity contribution in [1.82, 2.24) is 0 Å². The van der Waals surface area contributed by atoms with Gasteiger partial charge in [-0.15, -0.1) is 0 Å². The molecule has 1 N–H and O–H groups in total. The molecule has 3 unspecified atom stereocenters. The Morgan fingerprint density at radius 2 is 1.79 bits per heavy atom. The molecule has 1 aliphatic carbocycles. The average molecular weight is 260 g/mol. The van der Waals surface area contributed by atoms with Crippen molar-refractivity contribution in [2.45, 2.75) is 64.9 Å². The molecule has 3 atom stereocenters. The van der Waals surface area contributed by atoms with Gasteiger partial charge in [0.2, 0.25) is 0 Å². The maximum Gasteiger partial charge on any atom is 0.0611 e. The molecule has 0 radical (unpaired) electrons. The topological polar surface area (TPSA) is 20.2 Å². The molecule has 1 aliphatic rings. The molecule has 106 valence electrons. The van der Waals surface area contributed by atoms with Gasteiger partial charge in [-0.05, 0) is 41.2 Å². The SMILES string of the molecule is CC1CCCC1C(O)Cc1ccc(C(C)(C)C)cc1. The second-order valence-electron chi connectivity index (χ2n) is 7.29. The fraction of sp³-hybridized carbons (Fsp3) is 0.667. The standard InChI is InChI=1S/C18H28O/c1-13-6-5-7-16(13)17(19)12-14-8-10-15(11-9-14)18(2,3)4/h8-11,13,16-17,19H,5-7,12H2,1-4H3. The van der Waals surface area contributed by atoms with Crippen LogP contribution in [0.3, 0.4) is 0 Å². The van der Waals surface area contributed by atoms with E-state index in [4.69, 9.17) is 0 Å². The molecule has 1 fully saturated rings. The lowest BCUT2D eigenvalue weighted by molar-refractivity contribution is 0.0902. The summed E-state index contributed by atoms with van der Waals surface area (Å²) in [5, 5.41) is 10.4. The normalized spacial score (nSPS) is 25.5. The van der Waals surface area contributed by atoms with Gasteiger partial charge in [0.05, 0.1) is 6.10 Å². The van der Waals surface area contributed by atoms with Crippen LogP contribution in [0.4, 0.5) is 0 Å². The predicted molar refractivity (Wildman–Crippen MR) is 81.4 cm³/mol. The Hall–Kier alpha value is -0.820. The van der Waals surface area contributed by atoms with Gasteiger partial charge in [0, 0.05) is 0 Å². The predicted octanol–water partition coefficient (Wildman–Crippen LogP) is 4.32. The van der Waals surface area contributed by atoms with Crippen molar-refractivity contribution in [3.63, 3.8) is 0 Å². The Bertz CT molecular complexity index is 399. The van der Waals surface area contributed by atoms with Crippen LogP contribution in [0.5, 0.6) is 0 Å². The maximum atomic E-state index is 10.4. The van der Waals surface area contributed by atoms with Gasteiger partial charge >= 0.3 is 0 Å². The number of hydrogen-bond acceptors (Lipinski definition) is 1. The first-order chi connectivity index (χ1) is 8.88. The number of aliphatic hydroxyl groups is 1. The van der Waals surface area contributed by atoms with Crippen LogP contribution >= 0.6 is 0 Å². The molecular formula is C18H28O. The van der Waals surface area contributed by atoms with Crippen LogP contribution in [0.1, 0.15) is 58.1 Å². The minimum Gasteiger partial charge on any atom is -0.392 e. The monoisotopic (exact) mass is 260 g/mol. The fourth-order valence-electron chi connectivity index (χ4n) is 3.28. The van der Waals surface area contributed by atoms with E-state index >= 15 is 0 Å². The van der Waals surface area contributed by atoms with Crippen LogP contribution in [0.15, 0.2) is 24.3 Å². The van der Waals surface area contributed by atoms with Crippen LogP contribution in [0.2, 0.25) is 0 Å². The molecule has 19 heavy (non-hydrogen) atoms. The quantitative estimate of drug-likeness (QED) is 0.858. The summed E-state index contributed by atoms with van der Waals surface area (Å²) >= 11 is 0. The third kappa shape index (κ3) is 3.60. The van der Waals surface area contributed by atoms with Crippen molar-refractivity contribution in [1.29, 1.82) is 0 Å². The summed E-state index contributed by atoms with van der Waals surface area (Å²) in [4.78, 5) is 0. The highest BCUT2D eigenvalue weighted by Gasteiger charge is 2.29. The van der Waals surface area contributed by atoms with Crippen LogP contribution in [0.25, 0.3) is 0 Å². The molecule has 0 saturated heterocycles. The lowest BCUT2D eigenvalue weighted by Gasteiger charge is -2.23. The van der Waals surface area contributed by atoms with Gasteiger partial charge in [0.15, 0.2) is 0 Å². The Balaban J connectivity index is 1.99. The van der Waals surface area contributed by atoms with E-state index in [0.717, 1.165) is 6.42 Å². The van der Waals surface area contributed by atoms with Gasteiger partial charge in [0.25, 0.3) is 0 Å². The van der Waals surface area contributed by atoms with E-state index in [-0.39, 0.29) is 11.5 Å². The van der Waals surface area contributed by atoms with Gasteiger partial charge in [0.1, 0.15) is 0 Å². The van der Waals surface area contributed by atoms with Crippen LogP contribution in [-0.4, -0.2) is 11.2 Å². The van der Waals surface area contributed by atoms with Gasteiger partial charge in [-0.1, -0.05) is 64.8 Å². The van der Waals surface area contributed by atoms with E-state index in [1.165, 1.54) is 30.4 Å². The zero-order chi connectivity index (χ0) is 14.0. The lowest BCUT2D eigenvalue weighted by atomic mass is 9.85. The summed E-state index contributed by atoms with van der Waals surface area (Å²) in [6, 6.07) is 8.78. The Morgan fingerprint density at radius 1 is 1.16 bits per heavy atom. The van der Waals surface area contributed by atoms with E-state index < -0.39 is 0 Å². The summed E-state index contributed by atoms with van der Waals surface area (Å²) in [6.07, 6.45) is 4.40. The number of rotatable bonds is 3. The zero-order valence-electron chi connectivity index (χ0n) is 12.8. The van der Waals surface area contributed by atoms with Crippen LogP contribution in [0, 0.1) is 11.8 Å². The molecule has 0 amide bonds. The minimum absolute atomic E-state index is 0.169. The summed E-state index contributed by atoms with van der Waals surface area (Å²) in [7, 11) is 0. The van der Waals surface area contributed by atoms with Crippen molar-refractivity contribution in [3.8, 4) is 0 Å². The van der Waals surface area contributed by atoms with Crippen molar-refractivity contribution in [2.24, 2.45) is 11.8 Å². The second-order valence-corrected chi connectivity index (χ2v) is 7.29. The molecule has 0 aromatic heterocycles. The van der Waals surface area contributed by atoms with E-state index in [1.807, 2.05) is 0 Å². The number of benzene rings is 1. The lowest BCUT2D eigenvalue weighted by Crippen LogP contribution is -2.24. The van der Waals surface area contributed by atoms with Crippen molar-refractivity contribution < 1.29 is 5.11 Å². The minimum atomic E-state index is -0.169. The molecule has 0 aliphatic heterocycles. The smallest absolute Gasteiger partial charge is 0.0611 e. The largest absolute Gasteiger partial charge is 0.392 e. The van der Waals surface area contributed by atoms with Gasteiger partial charge in [-0.2, -0.15) is 0 Å². The third-order valence-corrected chi connectivity index (χ3v) is 4.69. The van der Waals surface area contributed by atoms with Crippen LogP contribution in [-0.2, 0) is 11.8 Å². The Morgan fingerprint density at radius 3 is 2.26 bits per heavy atom. The van der Waals surface area contributed by atoms with Gasteiger partial charge in [-0.25, -0.2) is 0 Å². The average Bonchev–Trinajstić information content (AvgIpc) is 2.75. The zero-order valence-corrected chi connectivity index (χ0v) is 12.8.